The van der Waals surface area contributed by atoms with Crippen molar-refractivity contribution >= 4 is 41.7 Å². The van der Waals surface area contributed by atoms with Gasteiger partial charge in [-0.3, -0.25) is 0 Å². The molecule has 0 spiro atoms. The molecule has 1 saturated heterocycles. The van der Waals surface area contributed by atoms with Gasteiger partial charge in [-0.1, -0.05) is 37.9 Å². The summed E-state index contributed by atoms with van der Waals surface area (Å²) in [6, 6.07) is 4.84. The Morgan fingerprint density at radius 1 is 1.41 bits per heavy atom. The van der Waals surface area contributed by atoms with Gasteiger partial charge in [0.15, 0.2) is 9.84 Å². The van der Waals surface area contributed by atoms with Crippen LogP contribution >= 0.6 is 31.9 Å². The van der Waals surface area contributed by atoms with Crippen molar-refractivity contribution in [2.75, 3.05) is 11.5 Å². The van der Waals surface area contributed by atoms with Crippen molar-refractivity contribution in [3.8, 4) is 0 Å². The number of halogens is 3. The van der Waals surface area contributed by atoms with Gasteiger partial charge in [0.2, 0.25) is 0 Å². The van der Waals surface area contributed by atoms with E-state index >= 15 is 0 Å². The standard InChI is InChI=1S/C11H11Br2FO2S/c12-8-1-2-9(10(14)5-8)11(13)7-3-4-17(15,16)6-7/h1-2,5,7,11H,3-4,6H2. The summed E-state index contributed by atoms with van der Waals surface area (Å²) in [5.74, 6) is -0.0164. The zero-order chi connectivity index (χ0) is 12.6. The Morgan fingerprint density at radius 3 is 2.65 bits per heavy atom. The summed E-state index contributed by atoms with van der Waals surface area (Å²) in [4.78, 5) is -0.243. The predicted octanol–water partition coefficient (Wildman–Crippen LogP) is 3.46. The summed E-state index contributed by atoms with van der Waals surface area (Å²) in [6.07, 6.45) is 0.591. The molecule has 0 amide bonds. The highest BCUT2D eigenvalue weighted by atomic mass is 79.9. The van der Waals surface area contributed by atoms with Crippen molar-refractivity contribution < 1.29 is 12.8 Å². The van der Waals surface area contributed by atoms with Crippen LogP contribution in [0.3, 0.4) is 0 Å². The maximum absolute atomic E-state index is 13.7. The minimum absolute atomic E-state index is 0.0457. The molecule has 0 bridgehead atoms. The molecule has 0 aliphatic carbocycles. The van der Waals surface area contributed by atoms with Crippen molar-refractivity contribution in [1.82, 2.24) is 0 Å². The van der Waals surface area contributed by atoms with E-state index in [0.717, 1.165) is 0 Å². The second-order valence-corrected chi connectivity index (χ2v) is 8.36. The number of hydrogen-bond donors (Lipinski definition) is 0. The highest BCUT2D eigenvalue weighted by Gasteiger charge is 2.34. The predicted molar refractivity (Wildman–Crippen MR) is 72.5 cm³/mol. The van der Waals surface area contributed by atoms with E-state index in [0.29, 0.717) is 16.5 Å². The van der Waals surface area contributed by atoms with E-state index in [4.69, 9.17) is 0 Å². The van der Waals surface area contributed by atoms with Crippen molar-refractivity contribution in [1.29, 1.82) is 0 Å². The largest absolute Gasteiger partial charge is 0.229 e. The zero-order valence-corrected chi connectivity index (χ0v) is 12.9. The molecule has 1 heterocycles. The fourth-order valence-corrected chi connectivity index (χ4v) is 5.28. The monoisotopic (exact) mass is 384 g/mol. The molecule has 1 aliphatic rings. The van der Waals surface area contributed by atoms with Crippen LogP contribution < -0.4 is 0 Å². The van der Waals surface area contributed by atoms with E-state index in [9.17, 15) is 12.8 Å². The number of hydrogen-bond acceptors (Lipinski definition) is 2. The van der Waals surface area contributed by atoms with Gasteiger partial charge in [0, 0.05) is 14.9 Å². The molecule has 1 aromatic rings. The lowest BCUT2D eigenvalue weighted by Gasteiger charge is -2.17. The molecule has 0 radical (unpaired) electrons. The van der Waals surface area contributed by atoms with Gasteiger partial charge >= 0.3 is 0 Å². The maximum atomic E-state index is 13.7. The fourth-order valence-electron chi connectivity index (χ4n) is 2.03. The second kappa shape index (κ2) is 4.97. The molecule has 94 valence electrons. The summed E-state index contributed by atoms with van der Waals surface area (Å²) in [5.41, 5.74) is 0.523. The third kappa shape index (κ3) is 3.09. The van der Waals surface area contributed by atoms with Crippen LogP contribution in [0.4, 0.5) is 4.39 Å². The molecule has 1 aliphatic heterocycles. The highest BCUT2D eigenvalue weighted by Crippen LogP contribution is 2.39. The number of rotatable bonds is 2. The Bertz CT molecular complexity index is 530. The topological polar surface area (TPSA) is 34.1 Å². The van der Waals surface area contributed by atoms with E-state index in [2.05, 4.69) is 31.9 Å². The third-order valence-electron chi connectivity index (χ3n) is 2.94. The first-order valence-electron chi connectivity index (χ1n) is 5.18. The lowest BCUT2D eigenvalue weighted by molar-refractivity contribution is 0.546. The van der Waals surface area contributed by atoms with Crippen LogP contribution in [-0.2, 0) is 9.84 Å². The molecule has 6 heteroatoms. The summed E-state index contributed by atoms with van der Waals surface area (Å²) < 4.78 is 37.2. The first-order valence-corrected chi connectivity index (χ1v) is 8.71. The molecule has 1 aromatic carbocycles. The average Bonchev–Trinajstić information content (AvgIpc) is 2.58. The van der Waals surface area contributed by atoms with Crippen LogP contribution in [0.1, 0.15) is 16.8 Å². The third-order valence-corrected chi connectivity index (χ3v) is 6.47. The van der Waals surface area contributed by atoms with E-state index < -0.39 is 9.84 Å². The number of sulfone groups is 1. The second-order valence-electron chi connectivity index (χ2n) is 4.23. The lowest BCUT2D eigenvalue weighted by Crippen LogP contribution is -2.11. The zero-order valence-electron chi connectivity index (χ0n) is 8.87. The Balaban J connectivity index is 2.23. The van der Waals surface area contributed by atoms with Gasteiger partial charge in [-0.2, -0.15) is 0 Å². The molecule has 2 rings (SSSR count). The van der Waals surface area contributed by atoms with Crippen LogP contribution in [-0.4, -0.2) is 19.9 Å². The van der Waals surface area contributed by atoms with E-state index in [1.54, 1.807) is 12.1 Å². The van der Waals surface area contributed by atoms with Gasteiger partial charge in [0.05, 0.1) is 11.5 Å². The first-order chi connectivity index (χ1) is 7.89. The van der Waals surface area contributed by atoms with Crippen molar-refractivity contribution in [2.24, 2.45) is 5.92 Å². The summed E-state index contributed by atoms with van der Waals surface area (Å²) in [7, 11) is -2.93. The van der Waals surface area contributed by atoms with Crippen LogP contribution in [0, 0.1) is 11.7 Å². The smallest absolute Gasteiger partial charge is 0.150 e. The van der Waals surface area contributed by atoms with Gasteiger partial charge in [0.1, 0.15) is 5.82 Å². The quantitative estimate of drug-likeness (QED) is 0.730. The minimum atomic E-state index is -2.93. The molecule has 0 N–H and O–H groups in total. The van der Waals surface area contributed by atoms with E-state index in [-0.39, 0.29) is 28.1 Å². The molecular weight excluding hydrogens is 375 g/mol. The van der Waals surface area contributed by atoms with Crippen LogP contribution in [0.25, 0.3) is 0 Å². The van der Waals surface area contributed by atoms with Gasteiger partial charge in [-0.15, -0.1) is 0 Å². The molecule has 0 aromatic heterocycles. The molecular formula is C11H11Br2FO2S. The molecule has 2 unspecified atom stereocenters. The minimum Gasteiger partial charge on any atom is -0.229 e. The average molecular weight is 386 g/mol. The molecule has 2 atom stereocenters. The molecule has 1 fully saturated rings. The summed E-state index contributed by atoms with van der Waals surface area (Å²) >= 11 is 6.62. The van der Waals surface area contributed by atoms with E-state index in [1.165, 1.54) is 6.07 Å². The van der Waals surface area contributed by atoms with Crippen molar-refractivity contribution in [3.63, 3.8) is 0 Å². The molecule has 0 saturated carbocycles. The Morgan fingerprint density at radius 2 is 2.12 bits per heavy atom. The van der Waals surface area contributed by atoms with Crippen molar-refractivity contribution in [2.45, 2.75) is 11.2 Å². The van der Waals surface area contributed by atoms with Gasteiger partial charge in [0.25, 0.3) is 0 Å². The fraction of sp³-hybridized carbons (Fsp3) is 0.455. The first kappa shape index (κ1) is 13.5. The Kier molecular flexibility index (Phi) is 3.95. The lowest BCUT2D eigenvalue weighted by atomic mass is 9.98. The normalized spacial score (nSPS) is 24.8. The van der Waals surface area contributed by atoms with Crippen LogP contribution in [0.5, 0.6) is 0 Å². The maximum Gasteiger partial charge on any atom is 0.150 e. The summed E-state index contributed by atoms with van der Waals surface area (Å²) in [5, 5.41) is 0. The van der Waals surface area contributed by atoms with Gasteiger partial charge in [-0.25, -0.2) is 12.8 Å². The molecule has 17 heavy (non-hydrogen) atoms. The number of benzene rings is 1. The Hall–Kier alpha value is 0.0600. The summed E-state index contributed by atoms with van der Waals surface area (Å²) in [6.45, 7) is 0. The number of alkyl halides is 1. The van der Waals surface area contributed by atoms with Gasteiger partial charge < -0.3 is 0 Å². The van der Waals surface area contributed by atoms with Gasteiger partial charge in [-0.05, 0) is 24.5 Å². The molecule has 2 nitrogen and oxygen atoms in total. The van der Waals surface area contributed by atoms with Crippen molar-refractivity contribution in [3.05, 3.63) is 34.1 Å². The highest BCUT2D eigenvalue weighted by molar-refractivity contribution is 9.10. The Labute approximate surface area is 117 Å². The van der Waals surface area contributed by atoms with Crippen LogP contribution in [0.2, 0.25) is 0 Å². The van der Waals surface area contributed by atoms with E-state index in [1.807, 2.05) is 0 Å². The van der Waals surface area contributed by atoms with Crippen LogP contribution in [0.15, 0.2) is 22.7 Å². The SMILES string of the molecule is O=S1(=O)CCC(C(Br)c2ccc(Br)cc2F)C1.